The van der Waals surface area contributed by atoms with Gasteiger partial charge in [0.15, 0.2) is 0 Å². The molecule has 1 heterocycles. The smallest absolute Gasteiger partial charge is 0.117 e. The molecule has 2 aromatic rings. The standard InChI is InChI=1S/C15H23N3O2/c1-11(2)20-9-3-7-16-8-6-15-17-13-5-4-12(19)10-14(13)18-15/h4-5,10-11,16,19H,3,6-9H2,1-2H3,(H,17,18). The van der Waals surface area contributed by atoms with E-state index in [0.717, 1.165) is 49.4 Å². The second-order valence-electron chi connectivity index (χ2n) is 5.16. The van der Waals surface area contributed by atoms with Gasteiger partial charge in [-0.05, 0) is 38.9 Å². The Morgan fingerprint density at radius 2 is 2.20 bits per heavy atom. The Kier molecular flexibility index (Phi) is 5.38. The van der Waals surface area contributed by atoms with E-state index < -0.39 is 0 Å². The number of aromatic nitrogens is 2. The van der Waals surface area contributed by atoms with Crippen LogP contribution in [-0.4, -0.2) is 40.9 Å². The van der Waals surface area contributed by atoms with Crippen molar-refractivity contribution in [2.75, 3.05) is 19.7 Å². The summed E-state index contributed by atoms with van der Waals surface area (Å²) in [7, 11) is 0. The number of nitrogens with one attached hydrogen (secondary N) is 2. The summed E-state index contributed by atoms with van der Waals surface area (Å²) in [6, 6.07) is 5.17. The van der Waals surface area contributed by atoms with Crippen LogP contribution in [0, 0.1) is 0 Å². The first-order chi connectivity index (χ1) is 9.65. The minimum Gasteiger partial charge on any atom is -0.508 e. The number of nitrogens with zero attached hydrogens (tertiary/aromatic N) is 1. The number of fused-ring (bicyclic) bond motifs is 1. The zero-order valence-corrected chi connectivity index (χ0v) is 12.1. The van der Waals surface area contributed by atoms with Gasteiger partial charge in [0.1, 0.15) is 11.6 Å². The van der Waals surface area contributed by atoms with Crippen molar-refractivity contribution < 1.29 is 9.84 Å². The number of hydrogen-bond donors (Lipinski definition) is 3. The molecule has 0 aliphatic rings. The van der Waals surface area contributed by atoms with Gasteiger partial charge in [0, 0.05) is 25.6 Å². The molecule has 0 fully saturated rings. The number of imidazole rings is 1. The van der Waals surface area contributed by atoms with E-state index in [0.29, 0.717) is 6.10 Å². The summed E-state index contributed by atoms with van der Waals surface area (Å²) >= 11 is 0. The minimum absolute atomic E-state index is 0.260. The van der Waals surface area contributed by atoms with Crippen LogP contribution in [0.3, 0.4) is 0 Å². The molecule has 5 heteroatoms. The molecular formula is C15H23N3O2. The fraction of sp³-hybridized carbons (Fsp3) is 0.533. The third-order valence-electron chi connectivity index (χ3n) is 3.00. The van der Waals surface area contributed by atoms with Gasteiger partial charge in [0.25, 0.3) is 0 Å². The molecule has 0 amide bonds. The first-order valence-corrected chi connectivity index (χ1v) is 7.15. The molecule has 0 atom stereocenters. The van der Waals surface area contributed by atoms with Crippen molar-refractivity contribution >= 4 is 11.0 Å². The number of aromatic hydroxyl groups is 1. The maximum Gasteiger partial charge on any atom is 0.117 e. The molecule has 0 saturated heterocycles. The molecular weight excluding hydrogens is 254 g/mol. The zero-order chi connectivity index (χ0) is 14.4. The van der Waals surface area contributed by atoms with Crippen molar-refractivity contribution in [1.29, 1.82) is 0 Å². The molecule has 3 N–H and O–H groups in total. The van der Waals surface area contributed by atoms with Crippen molar-refractivity contribution in [2.24, 2.45) is 0 Å². The summed E-state index contributed by atoms with van der Waals surface area (Å²) in [5, 5.41) is 12.8. The van der Waals surface area contributed by atoms with E-state index in [1.807, 2.05) is 19.9 Å². The number of phenolic OH excluding ortho intramolecular Hbond substituents is 1. The normalized spacial score (nSPS) is 11.6. The van der Waals surface area contributed by atoms with Crippen LogP contribution in [0.25, 0.3) is 11.0 Å². The molecule has 0 aliphatic carbocycles. The van der Waals surface area contributed by atoms with Crippen LogP contribution in [0.5, 0.6) is 5.75 Å². The van der Waals surface area contributed by atoms with Crippen molar-refractivity contribution in [3.8, 4) is 5.75 Å². The lowest BCUT2D eigenvalue weighted by Gasteiger charge is -2.07. The summed E-state index contributed by atoms with van der Waals surface area (Å²) < 4.78 is 5.48. The molecule has 0 bridgehead atoms. The van der Waals surface area contributed by atoms with Crippen LogP contribution in [0.4, 0.5) is 0 Å². The van der Waals surface area contributed by atoms with Gasteiger partial charge in [-0.1, -0.05) is 0 Å². The number of aromatic amines is 1. The largest absolute Gasteiger partial charge is 0.508 e. The predicted octanol–water partition coefficient (Wildman–Crippen LogP) is 2.22. The van der Waals surface area contributed by atoms with E-state index in [4.69, 9.17) is 4.74 Å². The topological polar surface area (TPSA) is 70.2 Å². The number of ether oxygens (including phenoxy) is 1. The van der Waals surface area contributed by atoms with Gasteiger partial charge in [0.05, 0.1) is 17.1 Å². The van der Waals surface area contributed by atoms with Crippen LogP contribution in [0.15, 0.2) is 18.2 Å². The number of phenols is 1. The van der Waals surface area contributed by atoms with Gasteiger partial charge in [-0.2, -0.15) is 0 Å². The van der Waals surface area contributed by atoms with Crippen molar-refractivity contribution in [3.05, 3.63) is 24.0 Å². The van der Waals surface area contributed by atoms with E-state index in [-0.39, 0.29) is 5.75 Å². The van der Waals surface area contributed by atoms with Gasteiger partial charge in [0.2, 0.25) is 0 Å². The van der Waals surface area contributed by atoms with E-state index >= 15 is 0 Å². The number of hydrogen-bond acceptors (Lipinski definition) is 4. The van der Waals surface area contributed by atoms with E-state index in [1.165, 1.54) is 0 Å². The molecule has 0 aliphatic heterocycles. The van der Waals surface area contributed by atoms with Crippen LogP contribution >= 0.6 is 0 Å². The number of rotatable bonds is 8. The summed E-state index contributed by atoms with van der Waals surface area (Å²) in [6.45, 7) is 6.73. The van der Waals surface area contributed by atoms with Gasteiger partial charge in [-0.25, -0.2) is 4.98 Å². The second kappa shape index (κ2) is 7.26. The van der Waals surface area contributed by atoms with Gasteiger partial charge in [-0.3, -0.25) is 0 Å². The second-order valence-corrected chi connectivity index (χ2v) is 5.16. The lowest BCUT2D eigenvalue weighted by atomic mass is 10.3. The fourth-order valence-electron chi connectivity index (χ4n) is 2.02. The fourth-order valence-corrected chi connectivity index (χ4v) is 2.02. The highest BCUT2D eigenvalue weighted by atomic mass is 16.5. The summed E-state index contributed by atoms with van der Waals surface area (Å²) in [5.74, 6) is 1.20. The summed E-state index contributed by atoms with van der Waals surface area (Å²) in [6.07, 6.45) is 2.18. The minimum atomic E-state index is 0.260. The van der Waals surface area contributed by atoms with E-state index in [2.05, 4.69) is 15.3 Å². The highest BCUT2D eigenvalue weighted by Gasteiger charge is 2.03. The molecule has 0 unspecified atom stereocenters. The van der Waals surface area contributed by atoms with Gasteiger partial charge < -0.3 is 20.1 Å². The van der Waals surface area contributed by atoms with Gasteiger partial charge in [-0.15, -0.1) is 0 Å². The summed E-state index contributed by atoms with van der Waals surface area (Å²) in [5.41, 5.74) is 1.77. The molecule has 1 aromatic carbocycles. The highest BCUT2D eigenvalue weighted by molar-refractivity contribution is 5.76. The lowest BCUT2D eigenvalue weighted by Crippen LogP contribution is -2.20. The van der Waals surface area contributed by atoms with Crippen LogP contribution in [0.2, 0.25) is 0 Å². The average molecular weight is 277 g/mol. The third-order valence-corrected chi connectivity index (χ3v) is 3.00. The quantitative estimate of drug-likeness (QED) is 0.647. The molecule has 1 aromatic heterocycles. The van der Waals surface area contributed by atoms with Crippen LogP contribution in [-0.2, 0) is 11.2 Å². The Labute approximate surface area is 119 Å². The lowest BCUT2D eigenvalue weighted by molar-refractivity contribution is 0.0771. The monoisotopic (exact) mass is 277 g/mol. The SMILES string of the molecule is CC(C)OCCCNCCc1nc2ccc(O)cc2[nH]1. The highest BCUT2D eigenvalue weighted by Crippen LogP contribution is 2.17. The zero-order valence-electron chi connectivity index (χ0n) is 12.1. The molecule has 5 nitrogen and oxygen atoms in total. The van der Waals surface area contributed by atoms with Crippen molar-refractivity contribution in [3.63, 3.8) is 0 Å². The Hall–Kier alpha value is -1.59. The van der Waals surface area contributed by atoms with Crippen LogP contribution in [0.1, 0.15) is 26.1 Å². The molecule has 0 spiro atoms. The molecule has 0 radical (unpaired) electrons. The Bertz CT molecular complexity index is 537. The maximum absolute atomic E-state index is 9.40. The number of benzene rings is 1. The molecule has 2 rings (SSSR count). The van der Waals surface area contributed by atoms with Crippen molar-refractivity contribution in [2.45, 2.75) is 32.8 Å². The van der Waals surface area contributed by atoms with Gasteiger partial charge >= 0.3 is 0 Å². The molecule has 20 heavy (non-hydrogen) atoms. The predicted molar refractivity (Wildman–Crippen MR) is 80.0 cm³/mol. The van der Waals surface area contributed by atoms with Crippen molar-refractivity contribution in [1.82, 2.24) is 15.3 Å². The van der Waals surface area contributed by atoms with Crippen LogP contribution < -0.4 is 5.32 Å². The first-order valence-electron chi connectivity index (χ1n) is 7.15. The Balaban J connectivity index is 1.68. The molecule has 0 saturated carbocycles. The van der Waals surface area contributed by atoms with E-state index in [9.17, 15) is 5.11 Å². The van der Waals surface area contributed by atoms with E-state index in [1.54, 1.807) is 12.1 Å². The average Bonchev–Trinajstić information content (AvgIpc) is 2.79. The number of H-pyrrole nitrogens is 1. The Morgan fingerprint density at radius 1 is 1.35 bits per heavy atom. The first kappa shape index (κ1) is 14.8. The Morgan fingerprint density at radius 3 is 3.00 bits per heavy atom. The third kappa shape index (κ3) is 4.51. The summed E-state index contributed by atoms with van der Waals surface area (Å²) in [4.78, 5) is 7.70. The molecule has 110 valence electrons. The maximum atomic E-state index is 9.40.